The summed E-state index contributed by atoms with van der Waals surface area (Å²) >= 11 is 0. The van der Waals surface area contributed by atoms with E-state index < -0.39 is 11.9 Å². The predicted octanol–water partition coefficient (Wildman–Crippen LogP) is 3.59. The largest absolute Gasteiger partial charge is 0.460 e. The number of rotatable bonds is 5. The second kappa shape index (κ2) is 9.11. The number of aromatic nitrogens is 2. The van der Waals surface area contributed by atoms with Crippen molar-refractivity contribution in [1.82, 2.24) is 9.97 Å². The van der Waals surface area contributed by atoms with E-state index in [9.17, 15) is 10.1 Å². The van der Waals surface area contributed by atoms with Gasteiger partial charge in [0.05, 0.1) is 29.3 Å². The van der Waals surface area contributed by atoms with Gasteiger partial charge in [-0.1, -0.05) is 42.5 Å². The number of nitriles is 1. The summed E-state index contributed by atoms with van der Waals surface area (Å²) in [5.41, 5.74) is 2.52. The maximum atomic E-state index is 12.9. The summed E-state index contributed by atoms with van der Waals surface area (Å²) in [6.45, 7) is 5.28. The third-order valence-corrected chi connectivity index (χ3v) is 5.16. The van der Waals surface area contributed by atoms with Crippen LogP contribution in [0.2, 0.25) is 0 Å². The number of esters is 1. The molecular formula is C24H24N4O3. The van der Waals surface area contributed by atoms with E-state index in [-0.39, 0.29) is 18.8 Å². The predicted molar refractivity (Wildman–Crippen MR) is 116 cm³/mol. The van der Waals surface area contributed by atoms with Crippen molar-refractivity contribution in [3.8, 4) is 6.07 Å². The number of hydrogen-bond donors (Lipinski definition) is 0. The van der Waals surface area contributed by atoms with Gasteiger partial charge in [0.25, 0.3) is 0 Å². The molecule has 0 radical (unpaired) electrons. The summed E-state index contributed by atoms with van der Waals surface area (Å²) in [6, 6.07) is 18.9. The van der Waals surface area contributed by atoms with Crippen LogP contribution in [0.5, 0.6) is 0 Å². The minimum absolute atomic E-state index is 0.00422. The minimum atomic E-state index is -1.18. The molecule has 1 aliphatic rings. The second-order valence-corrected chi connectivity index (χ2v) is 7.74. The lowest BCUT2D eigenvalue weighted by Gasteiger charge is -2.37. The molecule has 7 heteroatoms. The number of carbonyl (C=O) groups is 1. The molecule has 0 N–H and O–H groups in total. The zero-order chi connectivity index (χ0) is 21.8. The molecule has 2 heterocycles. The first kappa shape index (κ1) is 20.8. The molecule has 31 heavy (non-hydrogen) atoms. The molecule has 1 fully saturated rings. The fourth-order valence-electron chi connectivity index (χ4n) is 3.82. The maximum Gasteiger partial charge on any atom is 0.330 e. The number of fused-ring (bicyclic) bond motifs is 1. The lowest BCUT2D eigenvalue weighted by molar-refractivity contribution is -0.145. The van der Waals surface area contributed by atoms with Gasteiger partial charge < -0.3 is 14.4 Å². The molecule has 1 saturated heterocycles. The van der Waals surface area contributed by atoms with Crippen LogP contribution in [0, 0.1) is 11.3 Å². The highest BCUT2D eigenvalue weighted by Crippen LogP contribution is 2.30. The average molecular weight is 416 g/mol. The quantitative estimate of drug-likeness (QED) is 0.587. The summed E-state index contributed by atoms with van der Waals surface area (Å²) in [6.07, 6.45) is -0.00845. The van der Waals surface area contributed by atoms with E-state index in [2.05, 4.69) is 11.1 Å². The van der Waals surface area contributed by atoms with Crippen molar-refractivity contribution in [3.05, 3.63) is 65.9 Å². The van der Waals surface area contributed by atoms with Gasteiger partial charge in [0, 0.05) is 13.1 Å². The topological polar surface area (TPSA) is 88.3 Å². The Kier molecular flexibility index (Phi) is 6.10. The van der Waals surface area contributed by atoms with Crippen molar-refractivity contribution in [2.24, 2.45) is 0 Å². The number of morpholine rings is 1. The van der Waals surface area contributed by atoms with Gasteiger partial charge in [-0.25, -0.2) is 9.97 Å². The Balaban J connectivity index is 1.69. The summed E-state index contributed by atoms with van der Waals surface area (Å²) in [4.78, 5) is 24.4. The Labute approximate surface area is 181 Å². The number of nitrogens with zero attached hydrogens (tertiary/aromatic N) is 4. The Morgan fingerprint density at radius 3 is 2.35 bits per heavy atom. The fourth-order valence-corrected chi connectivity index (χ4v) is 3.82. The van der Waals surface area contributed by atoms with E-state index in [1.165, 1.54) is 0 Å². The second-order valence-electron chi connectivity index (χ2n) is 7.74. The lowest BCUT2D eigenvalue weighted by atomic mass is 10.1. The van der Waals surface area contributed by atoms with Crippen LogP contribution >= 0.6 is 0 Å². The molecule has 3 unspecified atom stereocenters. The Morgan fingerprint density at radius 1 is 1.10 bits per heavy atom. The number of carbonyl (C=O) groups excluding carboxylic acids is 1. The SMILES string of the molecule is CC1CN(c2nc3ccccc3nc2C(C#N)C(=O)OCc2ccccc2)CC(C)O1. The third-order valence-electron chi connectivity index (χ3n) is 5.16. The molecule has 0 bridgehead atoms. The number of ether oxygens (including phenoxy) is 2. The summed E-state index contributed by atoms with van der Waals surface area (Å²) in [7, 11) is 0. The van der Waals surface area contributed by atoms with Crippen LogP contribution in [0.25, 0.3) is 11.0 Å². The molecule has 1 aromatic heterocycles. The highest BCUT2D eigenvalue weighted by Gasteiger charge is 2.32. The highest BCUT2D eigenvalue weighted by molar-refractivity contribution is 5.85. The van der Waals surface area contributed by atoms with Gasteiger partial charge in [0.1, 0.15) is 12.3 Å². The van der Waals surface area contributed by atoms with Crippen molar-refractivity contribution < 1.29 is 14.3 Å². The Morgan fingerprint density at radius 2 is 1.71 bits per heavy atom. The normalized spacial score (nSPS) is 19.6. The Bertz CT molecular complexity index is 1100. The zero-order valence-electron chi connectivity index (χ0n) is 17.6. The van der Waals surface area contributed by atoms with E-state index in [0.717, 1.165) is 5.56 Å². The molecule has 2 aromatic carbocycles. The molecule has 0 amide bonds. The van der Waals surface area contributed by atoms with Crippen molar-refractivity contribution in [3.63, 3.8) is 0 Å². The molecule has 0 saturated carbocycles. The highest BCUT2D eigenvalue weighted by atomic mass is 16.5. The van der Waals surface area contributed by atoms with Crippen molar-refractivity contribution >= 4 is 22.8 Å². The van der Waals surface area contributed by atoms with Crippen LogP contribution < -0.4 is 4.90 Å². The van der Waals surface area contributed by atoms with Crippen LogP contribution in [0.1, 0.15) is 31.0 Å². The molecular weight excluding hydrogens is 392 g/mol. The fraction of sp³-hybridized carbons (Fsp3) is 0.333. The first-order valence-corrected chi connectivity index (χ1v) is 10.3. The maximum absolute atomic E-state index is 12.9. The van der Waals surface area contributed by atoms with Gasteiger partial charge in [0.2, 0.25) is 0 Å². The average Bonchev–Trinajstić information content (AvgIpc) is 2.78. The number of para-hydroxylation sites is 2. The Hall–Kier alpha value is -3.50. The van der Waals surface area contributed by atoms with E-state index in [1.54, 1.807) is 0 Å². The smallest absolute Gasteiger partial charge is 0.330 e. The standard InChI is InChI=1S/C24H24N4O3/c1-16-13-28(14-17(2)31-16)23-22(26-20-10-6-7-11-21(20)27-23)19(12-25)24(29)30-15-18-8-4-3-5-9-18/h3-11,16-17,19H,13-15H2,1-2H3. The molecule has 3 aromatic rings. The van der Waals surface area contributed by atoms with Crippen molar-refractivity contribution in [2.45, 2.75) is 38.6 Å². The van der Waals surface area contributed by atoms with Gasteiger partial charge in [-0.3, -0.25) is 4.79 Å². The number of benzene rings is 2. The first-order chi connectivity index (χ1) is 15.0. The third kappa shape index (κ3) is 4.65. The van der Waals surface area contributed by atoms with Gasteiger partial charge in [-0.15, -0.1) is 0 Å². The van der Waals surface area contributed by atoms with E-state index in [4.69, 9.17) is 14.5 Å². The molecule has 4 rings (SSSR count). The van der Waals surface area contributed by atoms with Crippen molar-refractivity contribution in [2.75, 3.05) is 18.0 Å². The summed E-state index contributed by atoms with van der Waals surface area (Å²) in [5, 5.41) is 9.88. The van der Waals surface area contributed by atoms with Crippen LogP contribution in [0.15, 0.2) is 54.6 Å². The minimum Gasteiger partial charge on any atom is -0.460 e. The molecule has 3 atom stereocenters. The van der Waals surface area contributed by atoms with Crippen LogP contribution in [0.3, 0.4) is 0 Å². The van der Waals surface area contributed by atoms with Gasteiger partial charge >= 0.3 is 5.97 Å². The van der Waals surface area contributed by atoms with Crippen LogP contribution in [0.4, 0.5) is 5.82 Å². The summed E-state index contributed by atoms with van der Waals surface area (Å²) in [5.74, 6) is -1.28. The van der Waals surface area contributed by atoms with Crippen molar-refractivity contribution in [1.29, 1.82) is 5.26 Å². The molecule has 1 aliphatic heterocycles. The van der Waals surface area contributed by atoms with Crippen LogP contribution in [-0.2, 0) is 20.9 Å². The van der Waals surface area contributed by atoms with Gasteiger partial charge in [-0.2, -0.15) is 5.26 Å². The molecule has 7 nitrogen and oxygen atoms in total. The lowest BCUT2D eigenvalue weighted by Crippen LogP contribution is -2.46. The van der Waals surface area contributed by atoms with E-state index in [0.29, 0.717) is 35.6 Å². The van der Waals surface area contributed by atoms with Gasteiger partial charge in [-0.05, 0) is 31.5 Å². The van der Waals surface area contributed by atoms with Gasteiger partial charge in [0.15, 0.2) is 11.7 Å². The summed E-state index contributed by atoms with van der Waals surface area (Å²) < 4.78 is 11.3. The molecule has 0 aliphatic carbocycles. The van der Waals surface area contributed by atoms with E-state index in [1.807, 2.05) is 73.3 Å². The first-order valence-electron chi connectivity index (χ1n) is 10.3. The number of anilines is 1. The van der Waals surface area contributed by atoms with E-state index >= 15 is 0 Å². The number of hydrogen-bond acceptors (Lipinski definition) is 7. The zero-order valence-corrected chi connectivity index (χ0v) is 17.6. The monoisotopic (exact) mass is 416 g/mol. The molecule has 0 spiro atoms. The van der Waals surface area contributed by atoms with Crippen LogP contribution in [-0.4, -0.2) is 41.2 Å². The molecule has 158 valence electrons.